The summed E-state index contributed by atoms with van der Waals surface area (Å²) in [5.74, 6) is -1.96. The minimum atomic E-state index is -3.51. The maximum atomic E-state index is 12.4. The molecule has 0 spiro atoms. The second-order valence-electron chi connectivity index (χ2n) is 6.36. The largest absolute Gasteiger partial charge is 0.480 e. The first-order valence-electron chi connectivity index (χ1n) is 7.49. The molecule has 1 N–H and O–H groups in total. The van der Waals surface area contributed by atoms with E-state index in [1.54, 1.807) is 0 Å². The normalized spacial score (nSPS) is 29.5. The van der Waals surface area contributed by atoms with E-state index in [-0.39, 0.29) is 12.0 Å². The van der Waals surface area contributed by atoms with Gasteiger partial charge in [0.1, 0.15) is 11.8 Å². The van der Waals surface area contributed by atoms with Crippen LogP contribution in [0.2, 0.25) is 0 Å². The first kappa shape index (κ1) is 16.3. The summed E-state index contributed by atoms with van der Waals surface area (Å²) in [6.07, 6.45) is 4.18. The van der Waals surface area contributed by atoms with Crippen LogP contribution in [0.25, 0.3) is 0 Å². The smallest absolute Gasteiger partial charge is 0.326 e. The minimum absolute atomic E-state index is 0.102. The molecule has 0 aromatic heterocycles. The van der Waals surface area contributed by atoms with E-state index in [0.717, 1.165) is 25.7 Å². The van der Waals surface area contributed by atoms with E-state index in [4.69, 9.17) is 0 Å². The molecule has 0 bridgehead atoms. The predicted molar refractivity (Wildman–Crippen MR) is 77.6 cm³/mol. The number of hydrogen-bond donors (Lipinski definition) is 1. The molecule has 2 aliphatic rings. The summed E-state index contributed by atoms with van der Waals surface area (Å²) in [6.45, 7) is 3.06. The third kappa shape index (κ3) is 3.22. The Hall–Kier alpha value is -1.11. The van der Waals surface area contributed by atoms with Crippen LogP contribution in [0.4, 0.5) is 0 Å². The second kappa shape index (κ2) is 5.94. The lowest BCUT2D eigenvalue weighted by Crippen LogP contribution is -2.48. The molecule has 2 rings (SSSR count). The number of nitrogens with zero attached hydrogens (tertiary/aromatic N) is 1. The van der Waals surface area contributed by atoms with Gasteiger partial charge in [0.2, 0.25) is 5.91 Å². The molecule has 3 atom stereocenters. The lowest BCUT2D eigenvalue weighted by Gasteiger charge is -2.33. The van der Waals surface area contributed by atoms with Crippen LogP contribution in [-0.2, 0) is 19.4 Å². The first-order valence-corrected chi connectivity index (χ1v) is 9.21. The maximum Gasteiger partial charge on any atom is 0.326 e. The molecule has 0 aromatic carbocycles. The van der Waals surface area contributed by atoms with Crippen LogP contribution in [0, 0.1) is 5.92 Å². The number of carbonyl (C=O) groups is 2. The molecule has 120 valence electrons. The number of carbonyl (C=O) groups excluding carboxylic acids is 1. The van der Waals surface area contributed by atoms with Gasteiger partial charge in [-0.25, -0.2) is 13.2 Å². The van der Waals surface area contributed by atoms with E-state index < -0.39 is 38.8 Å². The van der Waals surface area contributed by atoms with Crippen LogP contribution in [-0.4, -0.2) is 53.4 Å². The van der Waals surface area contributed by atoms with Crippen molar-refractivity contribution in [1.29, 1.82) is 0 Å². The molecule has 0 aromatic rings. The number of aliphatic carboxylic acids is 1. The number of amides is 1. The summed E-state index contributed by atoms with van der Waals surface area (Å²) in [5.41, 5.74) is 0. The van der Waals surface area contributed by atoms with Crippen molar-refractivity contribution in [2.75, 3.05) is 5.75 Å². The fourth-order valence-electron chi connectivity index (χ4n) is 3.45. The zero-order chi connectivity index (χ0) is 15.8. The van der Waals surface area contributed by atoms with Crippen LogP contribution < -0.4 is 0 Å². The highest BCUT2D eigenvalue weighted by molar-refractivity contribution is 7.92. The SMILES string of the molecule is CC(C)S(=O)(=O)CC(=O)N1C(C(=O)O)CC2CCCCC21. The molecule has 21 heavy (non-hydrogen) atoms. The van der Waals surface area contributed by atoms with Gasteiger partial charge in [0.15, 0.2) is 9.84 Å². The first-order chi connectivity index (χ1) is 9.74. The second-order valence-corrected chi connectivity index (χ2v) is 8.92. The number of likely N-dealkylation sites (tertiary alicyclic amines) is 1. The van der Waals surface area contributed by atoms with Gasteiger partial charge in [-0.3, -0.25) is 4.79 Å². The van der Waals surface area contributed by atoms with E-state index in [2.05, 4.69) is 0 Å². The van der Waals surface area contributed by atoms with Crippen molar-refractivity contribution in [1.82, 2.24) is 4.90 Å². The Bertz CT molecular complexity index is 527. The molecule has 1 saturated carbocycles. The molecule has 7 heteroatoms. The fourth-order valence-corrected chi connectivity index (χ4v) is 4.28. The minimum Gasteiger partial charge on any atom is -0.480 e. The van der Waals surface area contributed by atoms with Gasteiger partial charge < -0.3 is 10.0 Å². The van der Waals surface area contributed by atoms with Crippen molar-refractivity contribution in [2.24, 2.45) is 5.92 Å². The van der Waals surface area contributed by atoms with Gasteiger partial charge in [-0.1, -0.05) is 12.8 Å². The van der Waals surface area contributed by atoms with Crippen molar-refractivity contribution in [3.63, 3.8) is 0 Å². The van der Waals surface area contributed by atoms with Gasteiger partial charge in [0, 0.05) is 6.04 Å². The standard InChI is InChI=1S/C14H23NO5S/c1-9(2)21(19,20)8-13(16)15-11-6-4-3-5-10(11)7-12(15)14(17)18/h9-12H,3-8H2,1-2H3,(H,17,18). The number of carboxylic acid groups (broad SMARTS) is 1. The van der Waals surface area contributed by atoms with Crippen LogP contribution in [0.5, 0.6) is 0 Å². The highest BCUT2D eigenvalue weighted by Crippen LogP contribution is 2.39. The van der Waals surface area contributed by atoms with E-state index in [1.807, 2.05) is 0 Å². The Labute approximate surface area is 125 Å². The third-order valence-corrected chi connectivity index (χ3v) is 6.79. The zero-order valence-electron chi connectivity index (χ0n) is 12.5. The molecular weight excluding hydrogens is 294 g/mol. The van der Waals surface area contributed by atoms with Gasteiger partial charge >= 0.3 is 5.97 Å². The Morgan fingerprint density at radius 1 is 1.24 bits per heavy atom. The molecule has 2 fully saturated rings. The van der Waals surface area contributed by atoms with E-state index in [9.17, 15) is 23.1 Å². The van der Waals surface area contributed by atoms with Gasteiger partial charge in [0.05, 0.1) is 5.25 Å². The number of sulfone groups is 1. The fraction of sp³-hybridized carbons (Fsp3) is 0.857. The average Bonchev–Trinajstić information content (AvgIpc) is 2.77. The Balaban J connectivity index is 2.21. The highest BCUT2D eigenvalue weighted by Gasteiger charge is 2.48. The Morgan fingerprint density at radius 3 is 2.43 bits per heavy atom. The molecular formula is C14H23NO5S. The predicted octanol–water partition coefficient (Wildman–Crippen LogP) is 1.05. The lowest BCUT2D eigenvalue weighted by atomic mass is 9.85. The molecule has 3 unspecified atom stereocenters. The van der Waals surface area contributed by atoms with Crippen molar-refractivity contribution >= 4 is 21.7 Å². The maximum absolute atomic E-state index is 12.4. The van der Waals surface area contributed by atoms with Crippen molar-refractivity contribution in [3.8, 4) is 0 Å². The van der Waals surface area contributed by atoms with Gasteiger partial charge in [0.25, 0.3) is 0 Å². The zero-order valence-corrected chi connectivity index (χ0v) is 13.3. The van der Waals surface area contributed by atoms with Crippen LogP contribution in [0.15, 0.2) is 0 Å². The molecule has 1 aliphatic carbocycles. The molecule has 1 heterocycles. The third-order valence-electron chi connectivity index (χ3n) is 4.70. The number of carboxylic acids is 1. The van der Waals surface area contributed by atoms with Crippen molar-refractivity contribution in [2.45, 2.75) is 63.3 Å². The number of fused-ring (bicyclic) bond motifs is 1. The van der Waals surface area contributed by atoms with Crippen LogP contribution in [0.3, 0.4) is 0 Å². The topological polar surface area (TPSA) is 91.8 Å². The molecule has 6 nitrogen and oxygen atoms in total. The average molecular weight is 317 g/mol. The molecule has 1 aliphatic heterocycles. The summed E-state index contributed by atoms with van der Waals surface area (Å²) < 4.78 is 23.9. The quantitative estimate of drug-likeness (QED) is 0.837. The van der Waals surface area contributed by atoms with Gasteiger partial charge in [-0.05, 0) is 39.0 Å². The molecule has 0 radical (unpaired) electrons. The number of hydrogen-bond acceptors (Lipinski definition) is 4. The summed E-state index contributed by atoms with van der Waals surface area (Å²) in [5, 5.41) is 8.71. The Morgan fingerprint density at radius 2 is 1.86 bits per heavy atom. The molecule has 1 saturated heterocycles. The van der Waals surface area contributed by atoms with Crippen molar-refractivity contribution in [3.05, 3.63) is 0 Å². The van der Waals surface area contributed by atoms with E-state index >= 15 is 0 Å². The van der Waals surface area contributed by atoms with Gasteiger partial charge in [-0.15, -0.1) is 0 Å². The summed E-state index contributed by atoms with van der Waals surface area (Å²) in [7, 11) is -3.51. The highest BCUT2D eigenvalue weighted by atomic mass is 32.2. The molecule has 1 amide bonds. The summed E-state index contributed by atoms with van der Waals surface area (Å²) >= 11 is 0. The van der Waals surface area contributed by atoms with E-state index in [1.165, 1.54) is 18.7 Å². The van der Waals surface area contributed by atoms with Crippen LogP contribution in [0.1, 0.15) is 46.0 Å². The lowest BCUT2D eigenvalue weighted by molar-refractivity contribution is -0.148. The van der Waals surface area contributed by atoms with Crippen LogP contribution >= 0.6 is 0 Å². The monoisotopic (exact) mass is 317 g/mol. The van der Waals surface area contributed by atoms with E-state index in [0.29, 0.717) is 6.42 Å². The summed E-state index contributed by atoms with van der Waals surface area (Å²) in [4.78, 5) is 25.2. The number of rotatable bonds is 4. The summed E-state index contributed by atoms with van der Waals surface area (Å²) in [6, 6.07) is -0.970. The van der Waals surface area contributed by atoms with Gasteiger partial charge in [-0.2, -0.15) is 0 Å². The van der Waals surface area contributed by atoms with Crippen molar-refractivity contribution < 1.29 is 23.1 Å². The Kier molecular flexibility index (Phi) is 4.60.